The van der Waals surface area contributed by atoms with Crippen LogP contribution in [0.4, 0.5) is 5.82 Å². The molecule has 0 aliphatic heterocycles. The molecule has 0 saturated carbocycles. The van der Waals surface area contributed by atoms with Crippen LogP contribution in [-0.2, 0) is 0 Å². The number of rotatable bonds is 5. The zero-order valence-electron chi connectivity index (χ0n) is 10.4. The SMILES string of the molecule is CCCNc1ncnc(-c2cncnc2)c1OC. The van der Waals surface area contributed by atoms with Crippen molar-refractivity contribution in [3.63, 3.8) is 0 Å². The Hall–Kier alpha value is -2.24. The topological polar surface area (TPSA) is 72.8 Å². The maximum absolute atomic E-state index is 5.38. The van der Waals surface area contributed by atoms with E-state index in [2.05, 4.69) is 32.2 Å². The van der Waals surface area contributed by atoms with E-state index in [0.29, 0.717) is 17.3 Å². The first-order valence-corrected chi connectivity index (χ1v) is 5.75. The molecule has 0 radical (unpaired) electrons. The third-order valence-electron chi connectivity index (χ3n) is 2.38. The van der Waals surface area contributed by atoms with E-state index in [-0.39, 0.29) is 0 Å². The highest BCUT2D eigenvalue weighted by atomic mass is 16.5. The molecule has 0 amide bonds. The van der Waals surface area contributed by atoms with Gasteiger partial charge in [0, 0.05) is 24.5 Å². The van der Waals surface area contributed by atoms with Crippen LogP contribution < -0.4 is 10.1 Å². The summed E-state index contributed by atoms with van der Waals surface area (Å²) in [7, 11) is 1.60. The van der Waals surface area contributed by atoms with Crippen LogP contribution in [-0.4, -0.2) is 33.6 Å². The highest BCUT2D eigenvalue weighted by Gasteiger charge is 2.13. The number of hydrogen-bond acceptors (Lipinski definition) is 6. The molecule has 0 aliphatic rings. The minimum Gasteiger partial charge on any atom is -0.491 e. The van der Waals surface area contributed by atoms with Crippen LogP contribution >= 0.6 is 0 Å². The maximum Gasteiger partial charge on any atom is 0.187 e. The Morgan fingerprint density at radius 1 is 1.17 bits per heavy atom. The van der Waals surface area contributed by atoms with Crippen LogP contribution in [0.1, 0.15) is 13.3 Å². The molecule has 0 saturated heterocycles. The number of nitrogens with zero attached hydrogens (tertiary/aromatic N) is 4. The fraction of sp³-hybridized carbons (Fsp3) is 0.333. The van der Waals surface area contributed by atoms with E-state index in [4.69, 9.17) is 4.74 Å². The summed E-state index contributed by atoms with van der Waals surface area (Å²) in [5, 5.41) is 3.21. The van der Waals surface area contributed by atoms with Gasteiger partial charge in [0.05, 0.1) is 7.11 Å². The van der Waals surface area contributed by atoms with E-state index in [1.54, 1.807) is 19.5 Å². The maximum atomic E-state index is 5.38. The van der Waals surface area contributed by atoms with E-state index >= 15 is 0 Å². The number of hydrogen-bond donors (Lipinski definition) is 1. The molecule has 18 heavy (non-hydrogen) atoms. The van der Waals surface area contributed by atoms with Gasteiger partial charge in [-0.3, -0.25) is 0 Å². The van der Waals surface area contributed by atoms with Gasteiger partial charge in [-0.05, 0) is 6.42 Å². The highest BCUT2D eigenvalue weighted by Crippen LogP contribution is 2.31. The number of ether oxygens (including phenoxy) is 1. The van der Waals surface area contributed by atoms with Crippen molar-refractivity contribution >= 4 is 5.82 Å². The van der Waals surface area contributed by atoms with Crippen molar-refractivity contribution in [1.29, 1.82) is 0 Å². The monoisotopic (exact) mass is 245 g/mol. The summed E-state index contributed by atoms with van der Waals surface area (Å²) in [6.45, 7) is 2.92. The lowest BCUT2D eigenvalue weighted by Crippen LogP contribution is -2.06. The lowest BCUT2D eigenvalue weighted by atomic mass is 10.2. The van der Waals surface area contributed by atoms with Crippen LogP contribution in [0, 0.1) is 0 Å². The first kappa shape index (κ1) is 12.2. The molecular formula is C12H15N5O. The number of nitrogens with one attached hydrogen (secondary N) is 1. The zero-order chi connectivity index (χ0) is 12.8. The summed E-state index contributed by atoms with van der Waals surface area (Å²) in [4.78, 5) is 16.4. The molecule has 0 spiro atoms. The van der Waals surface area contributed by atoms with Crippen LogP contribution in [0.15, 0.2) is 25.0 Å². The van der Waals surface area contributed by atoms with E-state index in [1.165, 1.54) is 12.7 Å². The van der Waals surface area contributed by atoms with Crippen molar-refractivity contribution in [3.05, 3.63) is 25.0 Å². The Morgan fingerprint density at radius 3 is 2.61 bits per heavy atom. The zero-order valence-corrected chi connectivity index (χ0v) is 10.4. The minimum atomic E-state index is 0.612. The summed E-state index contributed by atoms with van der Waals surface area (Å²) in [5.74, 6) is 1.30. The number of aromatic nitrogens is 4. The summed E-state index contributed by atoms with van der Waals surface area (Å²) in [6.07, 6.45) is 7.39. The Balaban J connectivity index is 2.41. The normalized spacial score (nSPS) is 10.1. The number of anilines is 1. The van der Waals surface area contributed by atoms with Gasteiger partial charge in [0.25, 0.3) is 0 Å². The van der Waals surface area contributed by atoms with Crippen molar-refractivity contribution in [2.45, 2.75) is 13.3 Å². The molecule has 6 nitrogen and oxygen atoms in total. The Morgan fingerprint density at radius 2 is 1.94 bits per heavy atom. The van der Waals surface area contributed by atoms with Crippen molar-refractivity contribution in [2.75, 3.05) is 19.0 Å². The second kappa shape index (κ2) is 5.90. The molecule has 0 bridgehead atoms. The Kier molecular flexibility index (Phi) is 4.01. The van der Waals surface area contributed by atoms with Crippen LogP contribution in [0.3, 0.4) is 0 Å². The van der Waals surface area contributed by atoms with Crippen molar-refractivity contribution in [1.82, 2.24) is 19.9 Å². The molecule has 0 atom stereocenters. The summed E-state index contributed by atoms with van der Waals surface area (Å²) in [6, 6.07) is 0. The van der Waals surface area contributed by atoms with Gasteiger partial charge in [0.2, 0.25) is 0 Å². The largest absolute Gasteiger partial charge is 0.491 e. The first-order valence-electron chi connectivity index (χ1n) is 5.75. The van der Waals surface area contributed by atoms with Gasteiger partial charge >= 0.3 is 0 Å². The van der Waals surface area contributed by atoms with Crippen LogP contribution in [0.5, 0.6) is 5.75 Å². The van der Waals surface area contributed by atoms with Gasteiger partial charge in [-0.25, -0.2) is 19.9 Å². The molecule has 2 heterocycles. The minimum absolute atomic E-state index is 0.612. The molecule has 2 aromatic heterocycles. The lowest BCUT2D eigenvalue weighted by Gasteiger charge is -2.12. The fourth-order valence-corrected chi connectivity index (χ4v) is 1.56. The molecule has 2 rings (SSSR count). The summed E-state index contributed by atoms with van der Waals surface area (Å²) < 4.78 is 5.38. The molecule has 94 valence electrons. The standard InChI is InChI=1S/C12H15N5O/c1-3-4-15-12-11(18-2)10(16-8-17-12)9-5-13-7-14-6-9/h5-8H,3-4H2,1-2H3,(H,15,16,17). The quantitative estimate of drug-likeness (QED) is 0.865. The predicted molar refractivity (Wildman–Crippen MR) is 68.4 cm³/mol. The van der Waals surface area contributed by atoms with Gasteiger partial charge in [0.1, 0.15) is 18.3 Å². The lowest BCUT2D eigenvalue weighted by molar-refractivity contribution is 0.414. The molecule has 6 heteroatoms. The van der Waals surface area contributed by atoms with E-state index in [0.717, 1.165) is 18.5 Å². The van der Waals surface area contributed by atoms with Gasteiger partial charge in [-0.1, -0.05) is 6.92 Å². The molecule has 0 aromatic carbocycles. The smallest absolute Gasteiger partial charge is 0.187 e. The third kappa shape index (κ3) is 2.53. The van der Waals surface area contributed by atoms with Crippen molar-refractivity contribution in [3.8, 4) is 17.0 Å². The van der Waals surface area contributed by atoms with E-state index in [9.17, 15) is 0 Å². The van der Waals surface area contributed by atoms with E-state index in [1.807, 2.05) is 0 Å². The number of methoxy groups -OCH3 is 1. The van der Waals surface area contributed by atoms with E-state index < -0.39 is 0 Å². The van der Waals surface area contributed by atoms with Gasteiger partial charge in [0.15, 0.2) is 11.6 Å². The van der Waals surface area contributed by atoms with Crippen molar-refractivity contribution < 1.29 is 4.74 Å². The molecule has 0 unspecified atom stereocenters. The molecule has 2 aromatic rings. The van der Waals surface area contributed by atoms with Gasteiger partial charge in [-0.2, -0.15) is 0 Å². The third-order valence-corrected chi connectivity index (χ3v) is 2.38. The molecular weight excluding hydrogens is 230 g/mol. The molecule has 0 aliphatic carbocycles. The van der Waals surface area contributed by atoms with Gasteiger partial charge in [-0.15, -0.1) is 0 Å². The fourth-order valence-electron chi connectivity index (χ4n) is 1.56. The van der Waals surface area contributed by atoms with Crippen LogP contribution in [0.25, 0.3) is 11.3 Å². The summed E-state index contributed by atoms with van der Waals surface area (Å²) in [5.41, 5.74) is 1.49. The second-order valence-electron chi connectivity index (χ2n) is 3.66. The molecule has 0 fully saturated rings. The first-order chi connectivity index (χ1) is 8.86. The Bertz CT molecular complexity index is 503. The predicted octanol–water partition coefficient (Wildman–Crippen LogP) is 1.76. The average molecular weight is 245 g/mol. The van der Waals surface area contributed by atoms with Crippen molar-refractivity contribution in [2.24, 2.45) is 0 Å². The second-order valence-corrected chi connectivity index (χ2v) is 3.66. The van der Waals surface area contributed by atoms with Crippen LogP contribution in [0.2, 0.25) is 0 Å². The summed E-state index contributed by atoms with van der Waals surface area (Å²) >= 11 is 0. The molecule has 1 N–H and O–H groups in total. The highest BCUT2D eigenvalue weighted by molar-refractivity contribution is 5.71. The average Bonchev–Trinajstić information content (AvgIpc) is 2.45. The Labute approximate surface area is 105 Å². The van der Waals surface area contributed by atoms with Gasteiger partial charge < -0.3 is 10.1 Å².